The van der Waals surface area contributed by atoms with Crippen LogP contribution in [-0.4, -0.2) is 14.8 Å². The van der Waals surface area contributed by atoms with E-state index in [4.69, 9.17) is 0 Å². The summed E-state index contributed by atoms with van der Waals surface area (Å²) in [5, 5.41) is 8.29. The van der Waals surface area contributed by atoms with Gasteiger partial charge in [0.25, 0.3) is 0 Å². The lowest BCUT2D eigenvalue weighted by Crippen LogP contribution is -2.24. The maximum atomic E-state index is 4.26. The Morgan fingerprint density at radius 3 is 2.57 bits per heavy atom. The molecule has 0 N–H and O–H groups in total. The molecule has 1 atom stereocenters. The van der Waals surface area contributed by atoms with Gasteiger partial charge >= 0.3 is 0 Å². The molecule has 0 radical (unpaired) electrons. The van der Waals surface area contributed by atoms with E-state index in [0.717, 1.165) is 11.7 Å². The van der Waals surface area contributed by atoms with E-state index < -0.39 is 0 Å². The Morgan fingerprint density at radius 1 is 1.43 bits per heavy atom. The van der Waals surface area contributed by atoms with Gasteiger partial charge in [-0.05, 0) is 39.5 Å². The van der Waals surface area contributed by atoms with Gasteiger partial charge in [0, 0.05) is 11.5 Å². The van der Waals surface area contributed by atoms with E-state index in [1.54, 1.807) is 0 Å². The van der Waals surface area contributed by atoms with Gasteiger partial charge in [0.15, 0.2) is 0 Å². The molecule has 1 saturated carbocycles. The average molecular weight is 193 g/mol. The highest BCUT2D eigenvalue weighted by atomic mass is 15.3. The van der Waals surface area contributed by atoms with Gasteiger partial charge < -0.3 is 4.57 Å². The van der Waals surface area contributed by atoms with Gasteiger partial charge in [0.2, 0.25) is 0 Å². The van der Waals surface area contributed by atoms with Crippen LogP contribution < -0.4 is 0 Å². The lowest BCUT2D eigenvalue weighted by molar-refractivity contribution is 0.368. The predicted molar refractivity (Wildman–Crippen MR) is 56.2 cm³/mol. The molecule has 1 heterocycles. The van der Waals surface area contributed by atoms with Gasteiger partial charge in [-0.25, -0.2) is 0 Å². The van der Waals surface area contributed by atoms with Crippen LogP contribution in [0.4, 0.5) is 0 Å². The van der Waals surface area contributed by atoms with Gasteiger partial charge in [-0.15, -0.1) is 10.2 Å². The molecular formula is C11H19N3. The largest absolute Gasteiger partial charge is 0.312 e. The van der Waals surface area contributed by atoms with Crippen LogP contribution in [0, 0.1) is 5.92 Å². The first-order valence-electron chi connectivity index (χ1n) is 5.40. The molecule has 1 aliphatic carbocycles. The standard InChI is InChI=1S/C11H19N3/c1-8(9-5-6-9)10-13-12-7-14(10)11(2,3)4/h7-9H,5-6H2,1-4H3. The highest BCUT2D eigenvalue weighted by Crippen LogP contribution is 2.42. The van der Waals surface area contributed by atoms with Crippen LogP contribution in [0.15, 0.2) is 6.33 Å². The third-order valence-electron chi connectivity index (χ3n) is 3.03. The van der Waals surface area contributed by atoms with Crippen molar-refractivity contribution in [3.63, 3.8) is 0 Å². The van der Waals surface area contributed by atoms with E-state index in [1.807, 2.05) is 6.33 Å². The summed E-state index contributed by atoms with van der Waals surface area (Å²) in [5.41, 5.74) is 0.0992. The Hall–Kier alpha value is -0.860. The van der Waals surface area contributed by atoms with E-state index in [2.05, 4.69) is 42.5 Å². The summed E-state index contributed by atoms with van der Waals surface area (Å²) in [6.45, 7) is 8.85. The second kappa shape index (κ2) is 3.07. The summed E-state index contributed by atoms with van der Waals surface area (Å²) in [6.07, 6.45) is 4.57. The van der Waals surface area contributed by atoms with Crippen molar-refractivity contribution < 1.29 is 0 Å². The third-order valence-corrected chi connectivity index (χ3v) is 3.03. The Labute approximate surface area is 85.5 Å². The van der Waals surface area contributed by atoms with Crippen LogP contribution in [0.2, 0.25) is 0 Å². The molecule has 0 aliphatic heterocycles. The van der Waals surface area contributed by atoms with Crippen LogP contribution >= 0.6 is 0 Å². The molecule has 1 fully saturated rings. The van der Waals surface area contributed by atoms with Crippen LogP contribution in [0.3, 0.4) is 0 Å². The monoisotopic (exact) mass is 193 g/mol. The lowest BCUT2D eigenvalue weighted by atomic mass is 10.0. The fourth-order valence-corrected chi connectivity index (χ4v) is 1.88. The van der Waals surface area contributed by atoms with Crippen molar-refractivity contribution in [1.29, 1.82) is 0 Å². The van der Waals surface area contributed by atoms with E-state index in [1.165, 1.54) is 12.8 Å². The van der Waals surface area contributed by atoms with E-state index in [-0.39, 0.29) is 5.54 Å². The fraction of sp³-hybridized carbons (Fsp3) is 0.818. The molecule has 1 aromatic rings. The van der Waals surface area contributed by atoms with Gasteiger partial charge in [0.05, 0.1) is 0 Å². The number of hydrogen-bond acceptors (Lipinski definition) is 2. The molecule has 0 aromatic carbocycles. The molecule has 0 amide bonds. The fourth-order valence-electron chi connectivity index (χ4n) is 1.88. The van der Waals surface area contributed by atoms with Crippen molar-refractivity contribution in [2.75, 3.05) is 0 Å². The highest BCUT2D eigenvalue weighted by Gasteiger charge is 2.33. The Morgan fingerprint density at radius 2 is 2.07 bits per heavy atom. The number of nitrogens with zero attached hydrogens (tertiary/aromatic N) is 3. The Kier molecular flexibility index (Phi) is 2.13. The summed E-state index contributed by atoms with van der Waals surface area (Å²) in [4.78, 5) is 0. The third kappa shape index (κ3) is 1.68. The van der Waals surface area contributed by atoms with Crippen molar-refractivity contribution in [1.82, 2.24) is 14.8 Å². The van der Waals surface area contributed by atoms with Crippen molar-refractivity contribution in [2.24, 2.45) is 5.92 Å². The number of aromatic nitrogens is 3. The maximum Gasteiger partial charge on any atom is 0.136 e. The zero-order valence-corrected chi connectivity index (χ0v) is 9.49. The molecular weight excluding hydrogens is 174 g/mol. The summed E-state index contributed by atoms with van der Waals surface area (Å²) in [6, 6.07) is 0. The summed E-state index contributed by atoms with van der Waals surface area (Å²) in [5.74, 6) is 2.57. The van der Waals surface area contributed by atoms with Crippen molar-refractivity contribution in [3.05, 3.63) is 12.2 Å². The molecule has 14 heavy (non-hydrogen) atoms. The summed E-state index contributed by atoms with van der Waals surface area (Å²) in [7, 11) is 0. The van der Waals surface area contributed by atoms with Crippen LogP contribution in [0.25, 0.3) is 0 Å². The molecule has 0 saturated heterocycles. The Balaban J connectivity index is 2.28. The molecule has 1 aromatic heterocycles. The zero-order valence-electron chi connectivity index (χ0n) is 9.49. The van der Waals surface area contributed by atoms with Gasteiger partial charge in [0.1, 0.15) is 12.2 Å². The topological polar surface area (TPSA) is 30.7 Å². The smallest absolute Gasteiger partial charge is 0.136 e. The second-order valence-electron chi connectivity index (χ2n) is 5.36. The minimum absolute atomic E-state index is 0.0992. The molecule has 0 spiro atoms. The zero-order chi connectivity index (χ0) is 10.3. The molecule has 78 valence electrons. The van der Waals surface area contributed by atoms with Gasteiger partial charge in [-0.2, -0.15) is 0 Å². The summed E-state index contributed by atoms with van der Waals surface area (Å²) < 4.78 is 2.20. The van der Waals surface area contributed by atoms with Crippen LogP contribution in [-0.2, 0) is 5.54 Å². The lowest BCUT2D eigenvalue weighted by Gasteiger charge is -2.24. The van der Waals surface area contributed by atoms with Crippen molar-refractivity contribution in [2.45, 2.75) is 52.0 Å². The maximum absolute atomic E-state index is 4.26. The average Bonchev–Trinajstić information content (AvgIpc) is 2.78. The molecule has 2 rings (SSSR count). The first-order valence-corrected chi connectivity index (χ1v) is 5.40. The van der Waals surface area contributed by atoms with Crippen molar-refractivity contribution in [3.8, 4) is 0 Å². The summed E-state index contributed by atoms with van der Waals surface area (Å²) >= 11 is 0. The first-order chi connectivity index (χ1) is 6.50. The van der Waals surface area contributed by atoms with Crippen LogP contribution in [0.5, 0.6) is 0 Å². The number of rotatable bonds is 2. The van der Waals surface area contributed by atoms with Crippen molar-refractivity contribution >= 4 is 0 Å². The minimum Gasteiger partial charge on any atom is -0.312 e. The number of hydrogen-bond donors (Lipinski definition) is 0. The first kappa shape index (κ1) is 9.69. The van der Waals surface area contributed by atoms with E-state index in [0.29, 0.717) is 5.92 Å². The second-order valence-corrected chi connectivity index (χ2v) is 5.36. The molecule has 1 aliphatic rings. The molecule has 1 unspecified atom stereocenters. The predicted octanol–water partition coefficient (Wildman–Crippen LogP) is 2.55. The molecule has 3 nitrogen and oxygen atoms in total. The van der Waals surface area contributed by atoms with Crippen LogP contribution in [0.1, 0.15) is 52.3 Å². The highest BCUT2D eigenvalue weighted by molar-refractivity contribution is 5.04. The quantitative estimate of drug-likeness (QED) is 0.722. The normalized spacial score (nSPS) is 19.7. The Bertz CT molecular complexity index is 318. The van der Waals surface area contributed by atoms with E-state index >= 15 is 0 Å². The molecule has 3 heteroatoms. The van der Waals surface area contributed by atoms with Gasteiger partial charge in [-0.1, -0.05) is 6.92 Å². The molecule has 0 bridgehead atoms. The van der Waals surface area contributed by atoms with Gasteiger partial charge in [-0.3, -0.25) is 0 Å². The SMILES string of the molecule is CC(c1nncn1C(C)(C)C)C1CC1. The van der Waals surface area contributed by atoms with E-state index in [9.17, 15) is 0 Å². The minimum atomic E-state index is 0.0992.